The van der Waals surface area contributed by atoms with Gasteiger partial charge in [0, 0.05) is 18.0 Å². The molecule has 0 saturated heterocycles. The summed E-state index contributed by atoms with van der Waals surface area (Å²) in [5.74, 6) is -0.946. The highest BCUT2D eigenvalue weighted by molar-refractivity contribution is 5.37. The fourth-order valence-corrected chi connectivity index (χ4v) is 3.91. The molecule has 0 amide bonds. The van der Waals surface area contributed by atoms with Gasteiger partial charge in [0.2, 0.25) is 0 Å². The Bertz CT molecular complexity index is 701. The second-order valence-corrected chi connectivity index (χ2v) is 7.52. The molecule has 2 nitrogen and oxygen atoms in total. The lowest BCUT2D eigenvalue weighted by molar-refractivity contribution is 0.0895. The van der Waals surface area contributed by atoms with Crippen molar-refractivity contribution in [2.45, 2.75) is 53.1 Å². The maximum Gasteiger partial charge on any atom is 0.131 e. The van der Waals surface area contributed by atoms with Gasteiger partial charge in [-0.3, -0.25) is 0 Å². The molecule has 1 unspecified atom stereocenters. The standard InChI is InChI=1S/C24H33F2NO/c1-5-13-27(14-6-2)15-20(24-18(3)9-7-10-19(24)4)16-28-17-21-22(25)11-8-12-23(21)26/h7-12,20H,5-6,13-17H2,1-4H3. The topological polar surface area (TPSA) is 12.5 Å². The van der Waals surface area contributed by atoms with Crippen molar-refractivity contribution >= 4 is 0 Å². The minimum absolute atomic E-state index is 0.00160. The summed E-state index contributed by atoms with van der Waals surface area (Å²) < 4.78 is 33.7. The molecule has 0 saturated carbocycles. The highest BCUT2D eigenvalue weighted by Gasteiger charge is 2.20. The van der Waals surface area contributed by atoms with Gasteiger partial charge in [-0.1, -0.05) is 38.1 Å². The van der Waals surface area contributed by atoms with Crippen LogP contribution in [-0.2, 0) is 11.3 Å². The number of ether oxygens (including phenoxy) is 1. The van der Waals surface area contributed by atoms with E-state index in [-0.39, 0.29) is 18.1 Å². The summed E-state index contributed by atoms with van der Waals surface area (Å²) in [7, 11) is 0. The number of hydrogen-bond donors (Lipinski definition) is 0. The van der Waals surface area contributed by atoms with Gasteiger partial charge < -0.3 is 9.64 Å². The van der Waals surface area contributed by atoms with Gasteiger partial charge >= 0.3 is 0 Å². The predicted octanol–water partition coefficient (Wildman–Crippen LogP) is 6.00. The fourth-order valence-electron chi connectivity index (χ4n) is 3.91. The molecule has 0 N–H and O–H groups in total. The third kappa shape index (κ3) is 6.11. The lowest BCUT2D eigenvalue weighted by Gasteiger charge is -2.29. The van der Waals surface area contributed by atoms with E-state index in [1.54, 1.807) is 0 Å². The van der Waals surface area contributed by atoms with Gasteiger partial charge in [0.1, 0.15) is 11.6 Å². The average Bonchev–Trinajstić information content (AvgIpc) is 2.64. The molecule has 28 heavy (non-hydrogen) atoms. The van der Waals surface area contributed by atoms with E-state index >= 15 is 0 Å². The van der Waals surface area contributed by atoms with Gasteiger partial charge in [0.25, 0.3) is 0 Å². The molecule has 0 aromatic heterocycles. The molecule has 0 aliphatic rings. The fraction of sp³-hybridized carbons (Fsp3) is 0.500. The second-order valence-electron chi connectivity index (χ2n) is 7.52. The number of halogens is 2. The van der Waals surface area contributed by atoms with Gasteiger partial charge in [0.15, 0.2) is 0 Å². The van der Waals surface area contributed by atoms with Crippen molar-refractivity contribution in [3.05, 3.63) is 70.3 Å². The number of rotatable bonds is 11. The largest absolute Gasteiger partial charge is 0.376 e. The van der Waals surface area contributed by atoms with E-state index in [0.717, 1.165) is 32.5 Å². The van der Waals surface area contributed by atoms with Gasteiger partial charge in [-0.25, -0.2) is 8.78 Å². The van der Waals surface area contributed by atoms with Crippen molar-refractivity contribution in [2.24, 2.45) is 0 Å². The minimum atomic E-state index is -0.554. The molecular formula is C24H33F2NO. The smallest absolute Gasteiger partial charge is 0.131 e. The maximum absolute atomic E-state index is 13.9. The molecule has 2 rings (SSSR count). The van der Waals surface area contributed by atoms with Crippen LogP contribution in [0.2, 0.25) is 0 Å². The van der Waals surface area contributed by atoms with Crippen molar-refractivity contribution in [3.8, 4) is 0 Å². The normalized spacial score (nSPS) is 12.5. The van der Waals surface area contributed by atoms with Crippen molar-refractivity contribution in [2.75, 3.05) is 26.2 Å². The summed E-state index contributed by atoms with van der Waals surface area (Å²) in [5.41, 5.74) is 3.76. The van der Waals surface area contributed by atoms with Gasteiger partial charge in [-0.05, 0) is 68.6 Å². The van der Waals surface area contributed by atoms with E-state index in [2.05, 4.69) is 50.8 Å². The summed E-state index contributed by atoms with van der Waals surface area (Å²) >= 11 is 0. The Balaban J connectivity index is 2.18. The lowest BCUT2D eigenvalue weighted by atomic mass is 9.90. The molecule has 0 aliphatic heterocycles. The third-order valence-electron chi connectivity index (χ3n) is 5.14. The molecular weight excluding hydrogens is 356 g/mol. The first-order valence-electron chi connectivity index (χ1n) is 10.3. The van der Waals surface area contributed by atoms with Crippen molar-refractivity contribution < 1.29 is 13.5 Å². The van der Waals surface area contributed by atoms with Crippen molar-refractivity contribution in [1.29, 1.82) is 0 Å². The number of benzene rings is 2. The lowest BCUT2D eigenvalue weighted by Crippen LogP contribution is -2.32. The molecule has 1 atom stereocenters. The Morgan fingerprint density at radius 3 is 1.96 bits per heavy atom. The van der Waals surface area contributed by atoms with E-state index in [4.69, 9.17) is 4.74 Å². The number of hydrogen-bond acceptors (Lipinski definition) is 2. The molecule has 4 heteroatoms. The SMILES string of the molecule is CCCN(CCC)CC(COCc1c(F)cccc1F)c1c(C)cccc1C. The van der Waals surface area contributed by atoms with Gasteiger partial charge in [0.05, 0.1) is 13.2 Å². The molecule has 2 aromatic rings. The third-order valence-corrected chi connectivity index (χ3v) is 5.14. The summed E-state index contributed by atoms with van der Waals surface area (Å²) in [6.45, 7) is 12.0. The van der Waals surface area contributed by atoms with Crippen LogP contribution in [0.1, 0.15) is 54.9 Å². The van der Waals surface area contributed by atoms with Crippen LogP contribution in [0, 0.1) is 25.5 Å². The van der Waals surface area contributed by atoms with Crippen LogP contribution in [0.4, 0.5) is 8.78 Å². The zero-order chi connectivity index (χ0) is 20.5. The zero-order valence-corrected chi connectivity index (χ0v) is 17.6. The molecule has 0 heterocycles. The first kappa shape index (κ1) is 22.5. The van der Waals surface area contributed by atoms with E-state index in [1.165, 1.54) is 34.9 Å². The number of aryl methyl sites for hydroxylation is 2. The van der Waals surface area contributed by atoms with Crippen LogP contribution >= 0.6 is 0 Å². The molecule has 0 aliphatic carbocycles. The summed E-state index contributed by atoms with van der Waals surface area (Å²) in [6, 6.07) is 10.2. The molecule has 0 radical (unpaired) electrons. The highest BCUT2D eigenvalue weighted by atomic mass is 19.1. The second kappa shape index (κ2) is 11.3. The van der Waals surface area contributed by atoms with E-state index < -0.39 is 11.6 Å². The van der Waals surface area contributed by atoms with E-state index in [1.807, 2.05) is 0 Å². The molecule has 0 bridgehead atoms. The monoisotopic (exact) mass is 389 g/mol. The average molecular weight is 390 g/mol. The van der Waals surface area contributed by atoms with Crippen molar-refractivity contribution in [1.82, 2.24) is 4.90 Å². The van der Waals surface area contributed by atoms with Gasteiger partial charge in [-0.15, -0.1) is 0 Å². The maximum atomic E-state index is 13.9. The molecule has 0 spiro atoms. The predicted molar refractivity (Wildman–Crippen MR) is 112 cm³/mol. The first-order valence-corrected chi connectivity index (χ1v) is 10.3. The number of nitrogens with zero attached hydrogens (tertiary/aromatic N) is 1. The highest BCUT2D eigenvalue weighted by Crippen LogP contribution is 2.26. The summed E-state index contributed by atoms with van der Waals surface area (Å²) in [5, 5.41) is 0. The van der Waals surface area contributed by atoms with E-state index in [0.29, 0.717) is 6.61 Å². The Morgan fingerprint density at radius 1 is 0.893 bits per heavy atom. The molecule has 2 aromatic carbocycles. The van der Waals surface area contributed by atoms with Crippen molar-refractivity contribution in [3.63, 3.8) is 0 Å². The molecule has 0 fully saturated rings. The quantitative estimate of drug-likeness (QED) is 0.467. The van der Waals surface area contributed by atoms with Crippen LogP contribution in [-0.4, -0.2) is 31.1 Å². The van der Waals surface area contributed by atoms with Crippen LogP contribution in [0.25, 0.3) is 0 Å². The Hall–Kier alpha value is -1.78. The summed E-state index contributed by atoms with van der Waals surface area (Å²) in [4.78, 5) is 2.46. The molecule has 154 valence electrons. The van der Waals surface area contributed by atoms with E-state index in [9.17, 15) is 8.78 Å². The Morgan fingerprint density at radius 2 is 1.43 bits per heavy atom. The minimum Gasteiger partial charge on any atom is -0.376 e. The summed E-state index contributed by atoms with van der Waals surface area (Å²) in [6.07, 6.45) is 2.20. The van der Waals surface area contributed by atoms with Crippen LogP contribution < -0.4 is 0 Å². The van der Waals surface area contributed by atoms with Crippen LogP contribution in [0.5, 0.6) is 0 Å². The Labute approximate surface area is 168 Å². The zero-order valence-electron chi connectivity index (χ0n) is 17.6. The van der Waals surface area contributed by atoms with Crippen LogP contribution in [0.3, 0.4) is 0 Å². The Kier molecular flexibility index (Phi) is 9.07. The van der Waals surface area contributed by atoms with Gasteiger partial charge in [-0.2, -0.15) is 0 Å². The van der Waals surface area contributed by atoms with Crippen LogP contribution in [0.15, 0.2) is 36.4 Å². The first-order chi connectivity index (χ1) is 13.5.